The largest absolute Gasteiger partial charge is 0.508 e. The molecule has 80 valence electrons. The first-order valence-electron chi connectivity index (χ1n) is 4.74. The Balaban J connectivity index is 2.53. The highest BCUT2D eigenvalue weighted by molar-refractivity contribution is 5.79. The Morgan fingerprint density at radius 3 is 2.56 bits per heavy atom. The highest BCUT2D eigenvalue weighted by atomic mass is 19.1. The maximum Gasteiger partial charge on any atom is 0.150 e. The summed E-state index contributed by atoms with van der Waals surface area (Å²) in [5.74, 6) is -0.641. The summed E-state index contributed by atoms with van der Waals surface area (Å²) in [6, 6.07) is 10.6. The lowest BCUT2D eigenvalue weighted by Crippen LogP contribution is -1.84. The third-order valence-electron chi connectivity index (χ3n) is 2.24. The Kier molecular flexibility index (Phi) is 2.68. The van der Waals surface area contributed by atoms with E-state index < -0.39 is 5.82 Å². The summed E-state index contributed by atoms with van der Waals surface area (Å²) in [4.78, 5) is 10.6. The fourth-order valence-corrected chi connectivity index (χ4v) is 1.53. The Morgan fingerprint density at radius 2 is 1.88 bits per heavy atom. The Labute approximate surface area is 92.0 Å². The fourth-order valence-electron chi connectivity index (χ4n) is 1.53. The Bertz CT molecular complexity index is 515. The average Bonchev–Trinajstić information content (AvgIpc) is 2.28. The van der Waals surface area contributed by atoms with Gasteiger partial charge in [0.05, 0.1) is 0 Å². The molecule has 2 rings (SSSR count). The zero-order valence-corrected chi connectivity index (χ0v) is 8.35. The van der Waals surface area contributed by atoms with Gasteiger partial charge in [-0.25, -0.2) is 4.39 Å². The molecule has 0 aliphatic carbocycles. The fraction of sp³-hybridized carbons (Fsp3) is 0. The number of aromatic hydroxyl groups is 1. The quantitative estimate of drug-likeness (QED) is 0.783. The molecule has 0 bridgehead atoms. The number of hydrogen-bond acceptors (Lipinski definition) is 2. The molecule has 0 aliphatic rings. The van der Waals surface area contributed by atoms with E-state index in [4.69, 9.17) is 0 Å². The lowest BCUT2D eigenvalue weighted by molar-refractivity contribution is 0.112. The van der Waals surface area contributed by atoms with Crippen molar-refractivity contribution in [2.24, 2.45) is 0 Å². The third-order valence-corrected chi connectivity index (χ3v) is 2.24. The molecular formula is C13H9FO2. The summed E-state index contributed by atoms with van der Waals surface area (Å²) in [7, 11) is 0. The van der Waals surface area contributed by atoms with Gasteiger partial charge in [-0.2, -0.15) is 0 Å². The minimum absolute atomic E-state index is 0.133. The second-order valence-electron chi connectivity index (χ2n) is 3.44. The Morgan fingerprint density at radius 1 is 1.06 bits per heavy atom. The van der Waals surface area contributed by atoms with Gasteiger partial charge in [-0.3, -0.25) is 4.79 Å². The van der Waals surface area contributed by atoms with Crippen LogP contribution in [0.25, 0.3) is 11.1 Å². The summed E-state index contributed by atoms with van der Waals surface area (Å²) in [5.41, 5.74) is 1.75. The summed E-state index contributed by atoms with van der Waals surface area (Å²) in [5, 5.41) is 9.27. The molecule has 2 nitrogen and oxygen atoms in total. The number of carbonyl (C=O) groups excluding carboxylic acids is 1. The molecule has 3 heteroatoms. The van der Waals surface area contributed by atoms with Crippen LogP contribution in [0.15, 0.2) is 42.5 Å². The summed E-state index contributed by atoms with van der Waals surface area (Å²) in [6.07, 6.45) is 0.725. The molecule has 0 unspecified atom stereocenters. The van der Waals surface area contributed by atoms with Crippen LogP contribution in [0.3, 0.4) is 0 Å². The molecule has 0 saturated carbocycles. The number of phenolic OH excluding ortho intramolecular Hbond substituents is 1. The maximum atomic E-state index is 13.1. The molecular weight excluding hydrogens is 207 g/mol. The van der Waals surface area contributed by atoms with Crippen molar-refractivity contribution in [3.05, 3.63) is 53.8 Å². The predicted octanol–water partition coefficient (Wildman–Crippen LogP) is 3.01. The number of aldehydes is 1. The number of rotatable bonds is 2. The van der Waals surface area contributed by atoms with Crippen LogP contribution < -0.4 is 0 Å². The van der Waals surface area contributed by atoms with Crippen molar-refractivity contribution in [3.8, 4) is 16.9 Å². The van der Waals surface area contributed by atoms with Crippen molar-refractivity contribution < 1.29 is 14.3 Å². The molecule has 0 fully saturated rings. The van der Waals surface area contributed by atoms with Gasteiger partial charge >= 0.3 is 0 Å². The van der Waals surface area contributed by atoms with E-state index in [1.165, 1.54) is 12.1 Å². The molecule has 1 N–H and O–H groups in total. The first kappa shape index (κ1) is 10.4. The first-order chi connectivity index (χ1) is 7.69. The molecule has 0 atom stereocenters. The highest BCUT2D eigenvalue weighted by Crippen LogP contribution is 2.25. The second kappa shape index (κ2) is 4.14. The Hall–Kier alpha value is -2.16. The minimum Gasteiger partial charge on any atom is -0.508 e. The summed E-state index contributed by atoms with van der Waals surface area (Å²) in [6.45, 7) is 0. The zero-order chi connectivity index (χ0) is 11.5. The van der Waals surface area contributed by atoms with Crippen molar-refractivity contribution in [3.63, 3.8) is 0 Å². The van der Waals surface area contributed by atoms with Gasteiger partial charge < -0.3 is 5.11 Å². The van der Waals surface area contributed by atoms with Gasteiger partial charge in [0.15, 0.2) is 0 Å². The standard InChI is InChI=1S/C13H9FO2/c14-12-5-11(6-13(16)7-12)10-3-1-2-9(4-10)8-15/h1-8,16H. The van der Waals surface area contributed by atoms with Crippen molar-refractivity contribution in [2.75, 3.05) is 0 Å². The van der Waals surface area contributed by atoms with Crippen LogP contribution in [0.5, 0.6) is 5.75 Å². The molecule has 0 heterocycles. The van der Waals surface area contributed by atoms with Crippen molar-refractivity contribution in [2.45, 2.75) is 0 Å². The summed E-state index contributed by atoms with van der Waals surface area (Å²) < 4.78 is 13.1. The summed E-state index contributed by atoms with van der Waals surface area (Å²) >= 11 is 0. The molecule has 16 heavy (non-hydrogen) atoms. The van der Waals surface area contributed by atoms with E-state index in [0.717, 1.165) is 12.4 Å². The maximum absolute atomic E-state index is 13.1. The van der Waals surface area contributed by atoms with E-state index in [-0.39, 0.29) is 5.75 Å². The topological polar surface area (TPSA) is 37.3 Å². The molecule has 0 radical (unpaired) electrons. The molecule has 2 aromatic rings. The molecule has 2 aromatic carbocycles. The monoisotopic (exact) mass is 216 g/mol. The van der Waals surface area contributed by atoms with Gasteiger partial charge in [0.25, 0.3) is 0 Å². The van der Waals surface area contributed by atoms with E-state index in [1.54, 1.807) is 24.3 Å². The van der Waals surface area contributed by atoms with Crippen LogP contribution in [0.4, 0.5) is 4.39 Å². The van der Waals surface area contributed by atoms with Crippen LogP contribution >= 0.6 is 0 Å². The SMILES string of the molecule is O=Cc1cccc(-c2cc(O)cc(F)c2)c1. The second-order valence-corrected chi connectivity index (χ2v) is 3.44. The first-order valence-corrected chi connectivity index (χ1v) is 4.74. The number of phenols is 1. The van der Waals surface area contributed by atoms with Gasteiger partial charge in [0, 0.05) is 11.6 Å². The smallest absolute Gasteiger partial charge is 0.150 e. The van der Waals surface area contributed by atoms with Gasteiger partial charge in [-0.15, -0.1) is 0 Å². The van der Waals surface area contributed by atoms with Gasteiger partial charge in [-0.1, -0.05) is 18.2 Å². The lowest BCUT2D eigenvalue weighted by Gasteiger charge is -2.03. The van der Waals surface area contributed by atoms with Crippen molar-refractivity contribution >= 4 is 6.29 Å². The van der Waals surface area contributed by atoms with Gasteiger partial charge in [0.2, 0.25) is 0 Å². The number of benzene rings is 2. The molecule has 0 spiro atoms. The predicted molar refractivity (Wildman–Crippen MR) is 58.9 cm³/mol. The molecule has 0 saturated heterocycles. The normalized spacial score (nSPS) is 10.1. The minimum atomic E-state index is -0.508. The van der Waals surface area contributed by atoms with E-state index >= 15 is 0 Å². The van der Waals surface area contributed by atoms with Crippen LogP contribution in [-0.2, 0) is 0 Å². The lowest BCUT2D eigenvalue weighted by atomic mass is 10.0. The van der Waals surface area contributed by atoms with Crippen LogP contribution in [-0.4, -0.2) is 11.4 Å². The highest BCUT2D eigenvalue weighted by Gasteiger charge is 2.03. The van der Waals surface area contributed by atoms with Gasteiger partial charge in [-0.05, 0) is 29.3 Å². The van der Waals surface area contributed by atoms with E-state index in [1.807, 2.05) is 0 Å². The molecule has 0 aromatic heterocycles. The number of carbonyl (C=O) groups is 1. The third kappa shape index (κ3) is 2.08. The van der Waals surface area contributed by atoms with Crippen molar-refractivity contribution in [1.82, 2.24) is 0 Å². The molecule has 0 aliphatic heterocycles. The van der Waals surface area contributed by atoms with E-state index in [9.17, 15) is 14.3 Å². The number of halogens is 1. The van der Waals surface area contributed by atoms with Gasteiger partial charge in [0.1, 0.15) is 17.9 Å². The van der Waals surface area contributed by atoms with Crippen LogP contribution in [0.1, 0.15) is 10.4 Å². The van der Waals surface area contributed by atoms with Crippen LogP contribution in [0.2, 0.25) is 0 Å². The van der Waals surface area contributed by atoms with Crippen molar-refractivity contribution in [1.29, 1.82) is 0 Å². The van der Waals surface area contributed by atoms with Crippen LogP contribution in [0, 0.1) is 5.82 Å². The van der Waals surface area contributed by atoms with E-state index in [0.29, 0.717) is 16.7 Å². The number of hydrogen-bond donors (Lipinski definition) is 1. The average molecular weight is 216 g/mol. The molecule has 0 amide bonds. The zero-order valence-electron chi connectivity index (χ0n) is 8.35. The van der Waals surface area contributed by atoms with E-state index in [2.05, 4.69) is 0 Å².